The van der Waals surface area contributed by atoms with E-state index in [0.717, 1.165) is 23.7 Å². The van der Waals surface area contributed by atoms with Crippen LogP contribution < -0.4 is 0 Å². The van der Waals surface area contributed by atoms with Crippen molar-refractivity contribution in [1.82, 2.24) is 24.8 Å². The van der Waals surface area contributed by atoms with Gasteiger partial charge in [0.1, 0.15) is 5.69 Å². The van der Waals surface area contributed by atoms with E-state index in [1.54, 1.807) is 6.20 Å². The van der Waals surface area contributed by atoms with Crippen molar-refractivity contribution in [3.05, 3.63) is 60.3 Å². The summed E-state index contributed by atoms with van der Waals surface area (Å²) in [5.74, 6) is 0.227. The van der Waals surface area contributed by atoms with E-state index in [9.17, 15) is 9.59 Å². The fourth-order valence-electron chi connectivity index (χ4n) is 4.41. The molecule has 7 heteroatoms. The molecular formula is C21H21N5O2. The number of benzene rings is 1. The summed E-state index contributed by atoms with van der Waals surface area (Å²) in [6.45, 7) is 1.89. The highest BCUT2D eigenvalue weighted by Gasteiger charge is 2.39. The quantitative estimate of drug-likeness (QED) is 0.745. The van der Waals surface area contributed by atoms with Gasteiger partial charge in [0.15, 0.2) is 0 Å². The first-order valence-electron chi connectivity index (χ1n) is 9.62. The number of carbonyl (C=O) groups is 2. The Balaban J connectivity index is 1.39. The van der Waals surface area contributed by atoms with Gasteiger partial charge in [-0.15, -0.1) is 0 Å². The van der Waals surface area contributed by atoms with Gasteiger partial charge in [0, 0.05) is 55.3 Å². The van der Waals surface area contributed by atoms with Crippen LogP contribution in [-0.4, -0.2) is 62.2 Å². The molecule has 3 aliphatic rings. The Hall–Kier alpha value is -3.22. The number of rotatable bonds is 2. The van der Waals surface area contributed by atoms with Gasteiger partial charge >= 0.3 is 0 Å². The van der Waals surface area contributed by atoms with Gasteiger partial charge in [-0.2, -0.15) is 0 Å². The SMILES string of the molecule is O=C(c1cnccn1)N1C[C@@H]2CC[C@H](C1)N(C(=O)c1ccc3cc[nH]c3c1)C2. The number of hydrogen-bond donors (Lipinski definition) is 1. The summed E-state index contributed by atoms with van der Waals surface area (Å²) >= 11 is 0. The van der Waals surface area contributed by atoms with E-state index in [1.807, 2.05) is 40.3 Å². The van der Waals surface area contributed by atoms with E-state index >= 15 is 0 Å². The van der Waals surface area contributed by atoms with Crippen molar-refractivity contribution in [2.75, 3.05) is 19.6 Å². The molecule has 5 heterocycles. The van der Waals surface area contributed by atoms with Gasteiger partial charge in [-0.05, 0) is 42.3 Å². The molecule has 3 aliphatic heterocycles. The Morgan fingerprint density at radius 3 is 2.82 bits per heavy atom. The van der Waals surface area contributed by atoms with Gasteiger partial charge in [-0.1, -0.05) is 6.07 Å². The third-order valence-electron chi connectivity index (χ3n) is 5.85. The average molecular weight is 375 g/mol. The summed E-state index contributed by atoms with van der Waals surface area (Å²) < 4.78 is 0. The first-order chi connectivity index (χ1) is 13.7. The molecule has 2 bridgehead atoms. The number of amides is 2. The van der Waals surface area contributed by atoms with Crippen molar-refractivity contribution in [3.8, 4) is 0 Å². The van der Waals surface area contributed by atoms with Gasteiger partial charge in [-0.3, -0.25) is 14.6 Å². The van der Waals surface area contributed by atoms with Crippen molar-refractivity contribution in [2.45, 2.75) is 18.9 Å². The van der Waals surface area contributed by atoms with Crippen LogP contribution in [0, 0.1) is 5.92 Å². The Labute approximate surface area is 162 Å². The van der Waals surface area contributed by atoms with Crippen molar-refractivity contribution in [3.63, 3.8) is 0 Å². The second kappa shape index (κ2) is 6.74. The molecule has 1 N–H and O–H groups in total. The lowest BCUT2D eigenvalue weighted by atomic mass is 9.94. The van der Waals surface area contributed by atoms with E-state index in [2.05, 4.69) is 15.0 Å². The molecule has 7 nitrogen and oxygen atoms in total. The lowest BCUT2D eigenvalue weighted by molar-refractivity contribution is 0.0574. The van der Waals surface area contributed by atoms with Gasteiger partial charge in [0.2, 0.25) is 0 Å². The minimum atomic E-state index is -0.105. The Kier molecular flexibility index (Phi) is 4.07. The van der Waals surface area contributed by atoms with E-state index < -0.39 is 0 Å². The lowest BCUT2D eigenvalue weighted by Gasteiger charge is -2.36. The predicted molar refractivity (Wildman–Crippen MR) is 104 cm³/mol. The standard InChI is InChI=1S/C21H21N5O2/c27-20(16-3-2-15-5-6-23-18(15)9-16)26-12-14-1-4-17(26)13-25(11-14)21(28)19-10-22-7-8-24-19/h2-3,5-10,14,17,23H,1,4,11-13H2/t14-,17+/m0/s1. The largest absolute Gasteiger partial charge is 0.361 e. The van der Waals surface area contributed by atoms with Crippen LogP contribution in [-0.2, 0) is 0 Å². The summed E-state index contributed by atoms with van der Waals surface area (Å²) in [4.78, 5) is 41.2. The van der Waals surface area contributed by atoms with Crippen LogP contribution >= 0.6 is 0 Å². The number of nitrogens with one attached hydrogen (secondary N) is 1. The fraction of sp³-hybridized carbons (Fsp3) is 0.333. The normalized spacial score (nSPS) is 21.7. The highest BCUT2D eigenvalue weighted by Crippen LogP contribution is 2.30. The summed E-state index contributed by atoms with van der Waals surface area (Å²) in [5.41, 5.74) is 2.01. The molecule has 0 spiro atoms. The number of fused-ring (bicyclic) bond motifs is 5. The Morgan fingerprint density at radius 2 is 1.96 bits per heavy atom. The summed E-state index contributed by atoms with van der Waals surface area (Å²) in [6, 6.07) is 7.80. The number of piperidine rings is 1. The number of aromatic amines is 1. The molecule has 0 radical (unpaired) electrons. The van der Waals surface area contributed by atoms with E-state index in [4.69, 9.17) is 0 Å². The molecule has 28 heavy (non-hydrogen) atoms. The molecule has 0 unspecified atom stereocenters. The zero-order chi connectivity index (χ0) is 19.1. The number of nitrogens with zero attached hydrogens (tertiary/aromatic N) is 4. The van der Waals surface area contributed by atoms with Gasteiger partial charge in [-0.25, -0.2) is 4.98 Å². The van der Waals surface area contributed by atoms with Crippen molar-refractivity contribution < 1.29 is 9.59 Å². The van der Waals surface area contributed by atoms with E-state index in [1.165, 1.54) is 12.4 Å². The lowest BCUT2D eigenvalue weighted by Crippen LogP contribution is -2.47. The average Bonchev–Trinajstić information content (AvgIpc) is 3.02. The molecule has 3 aromatic rings. The van der Waals surface area contributed by atoms with Crippen molar-refractivity contribution in [2.24, 2.45) is 5.92 Å². The third kappa shape index (κ3) is 2.93. The summed E-state index contributed by atoms with van der Waals surface area (Å²) in [5, 5.41) is 1.09. The molecule has 6 rings (SSSR count). The van der Waals surface area contributed by atoms with Crippen LogP contribution in [0.25, 0.3) is 10.9 Å². The number of hydrogen-bond acceptors (Lipinski definition) is 4. The Morgan fingerprint density at radius 1 is 1.04 bits per heavy atom. The molecule has 0 aliphatic carbocycles. The first-order valence-corrected chi connectivity index (χ1v) is 9.62. The molecule has 0 saturated carbocycles. The summed E-state index contributed by atoms with van der Waals surface area (Å²) in [7, 11) is 0. The molecule has 3 saturated heterocycles. The fourth-order valence-corrected chi connectivity index (χ4v) is 4.41. The monoisotopic (exact) mass is 375 g/mol. The van der Waals surface area contributed by atoms with Crippen LogP contribution in [0.2, 0.25) is 0 Å². The van der Waals surface area contributed by atoms with Gasteiger partial charge in [0.05, 0.1) is 6.20 Å². The maximum Gasteiger partial charge on any atom is 0.274 e. The second-order valence-electron chi connectivity index (χ2n) is 7.64. The molecular weight excluding hydrogens is 354 g/mol. The smallest absolute Gasteiger partial charge is 0.274 e. The van der Waals surface area contributed by atoms with E-state index in [0.29, 0.717) is 30.9 Å². The minimum Gasteiger partial charge on any atom is -0.361 e. The zero-order valence-corrected chi connectivity index (χ0v) is 15.4. The zero-order valence-electron chi connectivity index (χ0n) is 15.4. The molecule has 2 amide bonds. The number of aromatic nitrogens is 3. The second-order valence-corrected chi connectivity index (χ2v) is 7.64. The van der Waals surface area contributed by atoms with Crippen LogP contribution in [0.15, 0.2) is 49.1 Å². The van der Waals surface area contributed by atoms with Crippen LogP contribution in [0.5, 0.6) is 0 Å². The molecule has 1 aromatic carbocycles. The van der Waals surface area contributed by atoms with Gasteiger partial charge < -0.3 is 14.8 Å². The van der Waals surface area contributed by atoms with Crippen LogP contribution in [0.3, 0.4) is 0 Å². The first kappa shape index (κ1) is 16.9. The molecule has 142 valence electrons. The topological polar surface area (TPSA) is 82.2 Å². The van der Waals surface area contributed by atoms with Crippen LogP contribution in [0.4, 0.5) is 0 Å². The summed E-state index contributed by atoms with van der Waals surface area (Å²) in [6.07, 6.45) is 8.43. The van der Waals surface area contributed by atoms with Crippen molar-refractivity contribution >= 4 is 22.7 Å². The van der Waals surface area contributed by atoms with E-state index in [-0.39, 0.29) is 23.8 Å². The molecule has 3 fully saturated rings. The highest BCUT2D eigenvalue weighted by atomic mass is 16.2. The third-order valence-corrected chi connectivity index (χ3v) is 5.85. The predicted octanol–water partition coefficient (Wildman–Crippen LogP) is 2.33. The maximum atomic E-state index is 13.2. The maximum absolute atomic E-state index is 13.2. The minimum absolute atomic E-state index is 0.0335. The highest BCUT2D eigenvalue weighted by molar-refractivity contribution is 5.98. The van der Waals surface area contributed by atoms with Gasteiger partial charge in [0.25, 0.3) is 11.8 Å². The molecule has 2 aromatic heterocycles. The number of carbonyl (C=O) groups excluding carboxylic acids is 2. The Bertz CT molecular complexity index is 1030. The molecule has 2 atom stereocenters. The van der Waals surface area contributed by atoms with Crippen molar-refractivity contribution in [1.29, 1.82) is 0 Å². The van der Waals surface area contributed by atoms with Crippen LogP contribution in [0.1, 0.15) is 33.7 Å². The number of H-pyrrole nitrogens is 1.